The minimum atomic E-state index is -0.182. The van der Waals surface area contributed by atoms with Crippen LogP contribution in [0.5, 0.6) is 0 Å². The van der Waals surface area contributed by atoms with Gasteiger partial charge in [0, 0.05) is 10.5 Å². The van der Waals surface area contributed by atoms with Gasteiger partial charge in [-0.1, -0.05) is 53.2 Å². The lowest BCUT2D eigenvalue weighted by atomic mass is 9.99. The Morgan fingerprint density at radius 1 is 1.10 bits per heavy atom. The van der Waals surface area contributed by atoms with Crippen molar-refractivity contribution < 1.29 is 4.39 Å². The molecule has 0 aliphatic heterocycles. The Morgan fingerprint density at radius 2 is 1.85 bits per heavy atom. The van der Waals surface area contributed by atoms with Gasteiger partial charge in [0.25, 0.3) is 0 Å². The van der Waals surface area contributed by atoms with E-state index < -0.39 is 0 Å². The van der Waals surface area contributed by atoms with E-state index in [1.54, 1.807) is 12.1 Å². The standard InChI is InChI=1S/C17H19BrFN/c1-2-20-16(10-13-6-4-3-5-7-13)12-14-11-15(19)8-9-17(14)18/h3-9,11,16,20H,2,10,12H2,1H3. The van der Waals surface area contributed by atoms with Gasteiger partial charge in [0.2, 0.25) is 0 Å². The predicted molar refractivity (Wildman–Crippen MR) is 85.4 cm³/mol. The summed E-state index contributed by atoms with van der Waals surface area (Å²) in [5, 5.41) is 3.48. The van der Waals surface area contributed by atoms with E-state index in [-0.39, 0.29) is 5.82 Å². The van der Waals surface area contributed by atoms with Gasteiger partial charge < -0.3 is 5.32 Å². The number of nitrogens with one attached hydrogen (secondary N) is 1. The van der Waals surface area contributed by atoms with Gasteiger partial charge in [-0.25, -0.2) is 4.39 Å². The summed E-state index contributed by atoms with van der Waals surface area (Å²) in [5.74, 6) is -0.182. The average molecular weight is 336 g/mol. The summed E-state index contributed by atoms with van der Waals surface area (Å²) < 4.78 is 14.3. The minimum absolute atomic E-state index is 0.182. The van der Waals surface area contributed by atoms with Crippen molar-refractivity contribution in [2.45, 2.75) is 25.8 Å². The van der Waals surface area contributed by atoms with Crippen molar-refractivity contribution in [3.63, 3.8) is 0 Å². The fourth-order valence-corrected chi connectivity index (χ4v) is 2.78. The fourth-order valence-electron chi connectivity index (χ4n) is 2.37. The second-order valence-corrected chi connectivity index (χ2v) is 5.74. The number of halogens is 2. The van der Waals surface area contributed by atoms with Gasteiger partial charge in [0.1, 0.15) is 5.82 Å². The van der Waals surface area contributed by atoms with Crippen LogP contribution >= 0.6 is 15.9 Å². The smallest absolute Gasteiger partial charge is 0.123 e. The molecule has 0 amide bonds. The van der Waals surface area contributed by atoms with E-state index >= 15 is 0 Å². The molecule has 0 fully saturated rings. The van der Waals surface area contributed by atoms with E-state index in [9.17, 15) is 4.39 Å². The molecule has 2 aromatic rings. The van der Waals surface area contributed by atoms with Crippen molar-refractivity contribution in [2.24, 2.45) is 0 Å². The van der Waals surface area contributed by atoms with Gasteiger partial charge in [-0.2, -0.15) is 0 Å². The Kier molecular flexibility index (Phi) is 5.74. The highest BCUT2D eigenvalue weighted by molar-refractivity contribution is 9.10. The Labute approximate surface area is 128 Å². The highest BCUT2D eigenvalue weighted by Gasteiger charge is 2.12. The normalized spacial score (nSPS) is 12.3. The molecule has 0 aromatic heterocycles. The summed E-state index contributed by atoms with van der Waals surface area (Å²) in [6.45, 7) is 3.00. The number of hydrogen-bond donors (Lipinski definition) is 1. The quantitative estimate of drug-likeness (QED) is 0.827. The third kappa shape index (κ3) is 4.43. The average Bonchev–Trinajstić information content (AvgIpc) is 2.44. The van der Waals surface area contributed by atoms with Crippen molar-refractivity contribution in [3.8, 4) is 0 Å². The van der Waals surface area contributed by atoms with E-state index in [4.69, 9.17) is 0 Å². The Balaban J connectivity index is 2.11. The molecule has 2 aromatic carbocycles. The first kappa shape index (κ1) is 15.2. The van der Waals surface area contributed by atoms with Crippen LogP contribution in [0.3, 0.4) is 0 Å². The lowest BCUT2D eigenvalue weighted by Crippen LogP contribution is -2.33. The molecular formula is C17H19BrFN. The largest absolute Gasteiger partial charge is 0.314 e. The summed E-state index contributed by atoms with van der Waals surface area (Å²) in [6, 6.07) is 15.6. The second-order valence-electron chi connectivity index (χ2n) is 4.88. The summed E-state index contributed by atoms with van der Waals surface area (Å²) in [7, 11) is 0. The van der Waals surface area contributed by atoms with Crippen LogP contribution in [-0.4, -0.2) is 12.6 Å². The maximum absolute atomic E-state index is 13.4. The topological polar surface area (TPSA) is 12.0 Å². The first-order valence-corrected chi connectivity index (χ1v) is 7.69. The number of rotatable bonds is 6. The Bertz CT molecular complexity index is 542. The third-order valence-electron chi connectivity index (χ3n) is 3.29. The fraction of sp³-hybridized carbons (Fsp3) is 0.294. The Hall–Kier alpha value is -1.19. The number of benzene rings is 2. The minimum Gasteiger partial charge on any atom is -0.314 e. The zero-order valence-corrected chi connectivity index (χ0v) is 13.2. The summed E-state index contributed by atoms with van der Waals surface area (Å²) in [5.41, 5.74) is 2.30. The molecule has 0 heterocycles. The molecule has 0 aliphatic carbocycles. The SMILES string of the molecule is CCNC(Cc1ccccc1)Cc1cc(F)ccc1Br. The van der Waals surface area contributed by atoms with Crippen LogP contribution < -0.4 is 5.32 Å². The molecule has 1 nitrogen and oxygen atoms in total. The van der Waals surface area contributed by atoms with Crippen molar-refractivity contribution in [2.75, 3.05) is 6.54 Å². The van der Waals surface area contributed by atoms with Crippen LogP contribution in [0.4, 0.5) is 4.39 Å². The van der Waals surface area contributed by atoms with E-state index in [1.165, 1.54) is 11.6 Å². The van der Waals surface area contributed by atoms with Crippen molar-refractivity contribution in [1.29, 1.82) is 0 Å². The zero-order chi connectivity index (χ0) is 14.4. The van der Waals surface area contributed by atoms with Gasteiger partial charge in [-0.3, -0.25) is 0 Å². The van der Waals surface area contributed by atoms with E-state index in [0.29, 0.717) is 6.04 Å². The van der Waals surface area contributed by atoms with E-state index in [1.807, 2.05) is 6.07 Å². The lowest BCUT2D eigenvalue weighted by Gasteiger charge is -2.19. The first-order valence-electron chi connectivity index (χ1n) is 6.90. The van der Waals surface area contributed by atoms with E-state index in [0.717, 1.165) is 29.4 Å². The maximum Gasteiger partial charge on any atom is 0.123 e. The lowest BCUT2D eigenvalue weighted by molar-refractivity contribution is 0.518. The molecule has 106 valence electrons. The molecule has 1 N–H and O–H groups in total. The number of hydrogen-bond acceptors (Lipinski definition) is 1. The molecule has 0 saturated carbocycles. The van der Waals surface area contributed by atoms with Crippen LogP contribution in [0.15, 0.2) is 53.0 Å². The van der Waals surface area contributed by atoms with Crippen LogP contribution in [0.1, 0.15) is 18.1 Å². The predicted octanol–water partition coefficient (Wildman–Crippen LogP) is 4.35. The van der Waals surface area contributed by atoms with Crippen LogP contribution in [0.2, 0.25) is 0 Å². The maximum atomic E-state index is 13.4. The molecule has 0 radical (unpaired) electrons. The molecule has 1 unspecified atom stereocenters. The first-order chi connectivity index (χ1) is 9.69. The van der Waals surface area contributed by atoms with Crippen molar-refractivity contribution in [3.05, 3.63) is 69.9 Å². The molecule has 0 aliphatic rings. The zero-order valence-electron chi connectivity index (χ0n) is 11.6. The molecule has 0 bridgehead atoms. The van der Waals surface area contributed by atoms with Crippen molar-refractivity contribution >= 4 is 15.9 Å². The van der Waals surface area contributed by atoms with Gasteiger partial charge in [0.15, 0.2) is 0 Å². The highest BCUT2D eigenvalue weighted by Crippen LogP contribution is 2.20. The molecule has 0 spiro atoms. The molecular weight excluding hydrogens is 317 g/mol. The van der Waals surface area contributed by atoms with Gasteiger partial charge in [-0.15, -0.1) is 0 Å². The van der Waals surface area contributed by atoms with E-state index in [2.05, 4.69) is 52.4 Å². The highest BCUT2D eigenvalue weighted by atomic mass is 79.9. The second kappa shape index (κ2) is 7.55. The number of likely N-dealkylation sites (N-methyl/N-ethyl adjacent to an activating group) is 1. The third-order valence-corrected chi connectivity index (χ3v) is 4.07. The van der Waals surface area contributed by atoms with Gasteiger partial charge in [0.05, 0.1) is 0 Å². The van der Waals surface area contributed by atoms with Crippen LogP contribution in [0.25, 0.3) is 0 Å². The van der Waals surface area contributed by atoms with Gasteiger partial charge in [-0.05, 0) is 48.7 Å². The van der Waals surface area contributed by atoms with Crippen LogP contribution in [-0.2, 0) is 12.8 Å². The summed E-state index contributed by atoms with van der Waals surface area (Å²) >= 11 is 3.50. The van der Waals surface area contributed by atoms with Gasteiger partial charge >= 0.3 is 0 Å². The molecule has 2 rings (SSSR count). The molecule has 20 heavy (non-hydrogen) atoms. The molecule has 3 heteroatoms. The van der Waals surface area contributed by atoms with Crippen LogP contribution in [0, 0.1) is 5.82 Å². The molecule has 1 atom stereocenters. The summed E-state index contributed by atoms with van der Waals surface area (Å²) in [6.07, 6.45) is 1.75. The summed E-state index contributed by atoms with van der Waals surface area (Å²) in [4.78, 5) is 0. The van der Waals surface area contributed by atoms with Crippen molar-refractivity contribution in [1.82, 2.24) is 5.32 Å². The monoisotopic (exact) mass is 335 g/mol. The molecule has 0 saturated heterocycles. The Morgan fingerprint density at radius 3 is 2.55 bits per heavy atom.